The molecule has 0 fully saturated rings. The van der Waals surface area contributed by atoms with Crippen LogP contribution in [0.15, 0.2) is 109 Å². The standard InChI is InChI=1S/C31H31N3O3/c1-37-28-15-12-26(13-16-28)23-34(29(35)17-14-24-8-4-2-5-9-24)30(27-10-6-3-7-11-27)31(36)33-22-25-18-20-32-21-19-25/h2-13,15-16,18-21,30H,14,17,22-23H2,1H3,(H,33,36)/t30-/m0/s1. The molecule has 4 rings (SSSR count). The van der Waals surface area contributed by atoms with Crippen molar-refractivity contribution in [3.8, 4) is 5.75 Å². The topological polar surface area (TPSA) is 71.5 Å². The maximum Gasteiger partial charge on any atom is 0.247 e. The molecule has 1 atom stereocenters. The van der Waals surface area contributed by atoms with Crippen LogP contribution in [0.5, 0.6) is 5.75 Å². The van der Waals surface area contributed by atoms with Crippen LogP contribution in [0.25, 0.3) is 0 Å². The van der Waals surface area contributed by atoms with Gasteiger partial charge in [-0.25, -0.2) is 0 Å². The Morgan fingerprint density at radius 3 is 2.11 bits per heavy atom. The van der Waals surface area contributed by atoms with E-state index in [1.165, 1.54) is 0 Å². The Morgan fingerprint density at radius 1 is 0.811 bits per heavy atom. The van der Waals surface area contributed by atoms with Gasteiger partial charge in [-0.15, -0.1) is 0 Å². The molecule has 0 saturated heterocycles. The number of pyridine rings is 1. The van der Waals surface area contributed by atoms with Gasteiger partial charge < -0.3 is 15.0 Å². The second-order valence-corrected chi connectivity index (χ2v) is 8.74. The van der Waals surface area contributed by atoms with E-state index in [9.17, 15) is 9.59 Å². The normalized spacial score (nSPS) is 11.4. The number of nitrogens with zero attached hydrogens (tertiary/aromatic N) is 2. The third-order valence-corrected chi connectivity index (χ3v) is 6.19. The molecule has 4 aromatic rings. The summed E-state index contributed by atoms with van der Waals surface area (Å²) in [4.78, 5) is 33.2. The van der Waals surface area contributed by atoms with E-state index < -0.39 is 6.04 Å². The van der Waals surface area contributed by atoms with Gasteiger partial charge in [0.25, 0.3) is 0 Å². The van der Waals surface area contributed by atoms with Crippen molar-refractivity contribution in [3.05, 3.63) is 132 Å². The number of aryl methyl sites for hydroxylation is 1. The van der Waals surface area contributed by atoms with E-state index in [1.807, 2.05) is 97.1 Å². The van der Waals surface area contributed by atoms with Gasteiger partial charge in [0.2, 0.25) is 11.8 Å². The van der Waals surface area contributed by atoms with Crippen molar-refractivity contribution in [3.63, 3.8) is 0 Å². The van der Waals surface area contributed by atoms with Crippen molar-refractivity contribution in [1.29, 1.82) is 0 Å². The SMILES string of the molecule is COc1ccc(CN(C(=O)CCc2ccccc2)[C@H](C(=O)NCc2ccncc2)c2ccccc2)cc1. The van der Waals surface area contributed by atoms with E-state index in [1.54, 1.807) is 24.4 Å². The Bertz CT molecular complexity index is 1260. The Labute approximate surface area is 217 Å². The van der Waals surface area contributed by atoms with Gasteiger partial charge in [0.1, 0.15) is 11.8 Å². The molecule has 0 unspecified atom stereocenters. The van der Waals surface area contributed by atoms with Crippen LogP contribution in [0.4, 0.5) is 0 Å². The minimum atomic E-state index is -0.784. The predicted molar refractivity (Wildman–Crippen MR) is 144 cm³/mol. The molecule has 6 nitrogen and oxygen atoms in total. The highest BCUT2D eigenvalue weighted by atomic mass is 16.5. The molecule has 3 aromatic carbocycles. The van der Waals surface area contributed by atoms with Gasteiger partial charge >= 0.3 is 0 Å². The van der Waals surface area contributed by atoms with Gasteiger partial charge in [-0.2, -0.15) is 0 Å². The van der Waals surface area contributed by atoms with Crippen LogP contribution in [0.2, 0.25) is 0 Å². The summed E-state index contributed by atoms with van der Waals surface area (Å²) in [6, 6.07) is 29.9. The Balaban J connectivity index is 1.63. The van der Waals surface area contributed by atoms with E-state index in [0.717, 1.165) is 28.0 Å². The molecule has 0 radical (unpaired) electrons. The highest BCUT2D eigenvalue weighted by Crippen LogP contribution is 2.26. The van der Waals surface area contributed by atoms with Crippen LogP contribution in [0.1, 0.15) is 34.7 Å². The first-order valence-corrected chi connectivity index (χ1v) is 12.3. The first-order valence-electron chi connectivity index (χ1n) is 12.3. The van der Waals surface area contributed by atoms with Crippen molar-refractivity contribution in [1.82, 2.24) is 15.2 Å². The number of nitrogens with one attached hydrogen (secondary N) is 1. The number of benzene rings is 3. The summed E-state index contributed by atoms with van der Waals surface area (Å²) in [6.07, 6.45) is 4.28. The third kappa shape index (κ3) is 7.27. The number of amides is 2. The maximum absolute atomic E-state index is 13.8. The smallest absolute Gasteiger partial charge is 0.247 e. The van der Waals surface area contributed by atoms with Gasteiger partial charge in [0.15, 0.2) is 0 Å². The molecule has 0 spiro atoms. The van der Waals surface area contributed by atoms with Crippen LogP contribution in [0, 0.1) is 0 Å². The summed E-state index contributed by atoms with van der Waals surface area (Å²) in [7, 11) is 1.62. The second kappa shape index (κ2) is 13.0. The minimum Gasteiger partial charge on any atom is -0.497 e. The summed E-state index contributed by atoms with van der Waals surface area (Å²) in [5.41, 5.74) is 3.69. The van der Waals surface area contributed by atoms with Crippen LogP contribution in [-0.4, -0.2) is 28.8 Å². The molecule has 1 heterocycles. The zero-order valence-corrected chi connectivity index (χ0v) is 20.9. The highest BCUT2D eigenvalue weighted by molar-refractivity contribution is 5.88. The lowest BCUT2D eigenvalue weighted by Crippen LogP contribution is -2.43. The largest absolute Gasteiger partial charge is 0.497 e. The van der Waals surface area contributed by atoms with Gasteiger partial charge in [0.05, 0.1) is 7.11 Å². The molecule has 37 heavy (non-hydrogen) atoms. The molecule has 1 aromatic heterocycles. The number of rotatable bonds is 11. The Morgan fingerprint density at radius 2 is 1.46 bits per heavy atom. The fourth-order valence-corrected chi connectivity index (χ4v) is 4.19. The molecule has 0 aliphatic rings. The number of ether oxygens (including phenoxy) is 1. The van der Waals surface area contributed by atoms with E-state index in [2.05, 4.69) is 10.3 Å². The van der Waals surface area contributed by atoms with Gasteiger partial charge in [0, 0.05) is 31.9 Å². The maximum atomic E-state index is 13.8. The lowest BCUT2D eigenvalue weighted by molar-refractivity contribution is -0.141. The molecule has 0 aliphatic heterocycles. The van der Waals surface area contributed by atoms with Crippen LogP contribution in [0.3, 0.4) is 0 Å². The van der Waals surface area contributed by atoms with Crippen molar-refractivity contribution in [2.45, 2.75) is 32.0 Å². The lowest BCUT2D eigenvalue weighted by Gasteiger charge is -2.32. The molecule has 188 valence electrons. The van der Waals surface area contributed by atoms with Gasteiger partial charge in [-0.1, -0.05) is 72.8 Å². The summed E-state index contributed by atoms with van der Waals surface area (Å²) in [5, 5.41) is 3.03. The molecule has 0 saturated carbocycles. The minimum absolute atomic E-state index is 0.0902. The van der Waals surface area contributed by atoms with Crippen molar-refractivity contribution < 1.29 is 14.3 Å². The lowest BCUT2D eigenvalue weighted by atomic mass is 10.0. The number of hydrogen-bond acceptors (Lipinski definition) is 4. The number of aromatic nitrogens is 1. The summed E-state index contributed by atoms with van der Waals surface area (Å²) in [6.45, 7) is 0.638. The first kappa shape index (κ1) is 25.6. The first-order chi connectivity index (χ1) is 18.1. The molecule has 1 N–H and O–H groups in total. The van der Waals surface area contributed by atoms with Crippen LogP contribution < -0.4 is 10.1 Å². The number of carbonyl (C=O) groups excluding carboxylic acids is 2. The summed E-state index contributed by atoms with van der Waals surface area (Å²) >= 11 is 0. The van der Waals surface area contributed by atoms with Crippen molar-refractivity contribution in [2.24, 2.45) is 0 Å². The number of methoxy groups -OCH3 is 1. The fraction of sp³-hybridized carbons (Fsp3) is 0.194. The molecule has 2 amide bonds. The average molecular weight is 494 g/mol. The van der Waals surface area contributed by atoms with E-state index in [0.29, 0.717) is 25.9 Å². The van der Waals surface area contributed by atoms with E-state index >= 15 is 0 Å². The third-order valence-electron chi connectivity index (χ3n) is 6.19. The molecule has 0 aliphatic carbocycles. The number of hydrogen-bond donors (Lipinski definition) is 1. The van der Waals surface area contributed by atoms with E-state index in [4.69, 9.17) is 4.74 Å². The van der Waals surface area contributed by atoms with Crippen molar-refractivity contribution in [2.75, 3.05) is 7.11 Å². The Kier molecular flexibility index (Phi) is 9.02. The van der Waals surface area contributed by atoms with Gasteiger partial charge in [-0.05, 0) is 52.9 Å². The highest BCUT2D eigenvalue weighted by Gasteiger charge is 2.31. The quantitative estimate of drug-likeness (QED) is 0.315. The van der Waals surface area contributed by atoms with Crippen molar-refractivity contribution >= 4 is 11.8 Å². The zero-order valence-electron chi connectivity index (χ0n) is 20.9. The predicted octanol–water partition coefficient (Wildman–Crippen LogP) is 5.11. The fourth-order valence-electron chi connectivity index (χ4n) is 4.19. The van der Waals surface area contributed by atoms with Crippen LogP contribution >= 0.6 is 0 Å². The summed E-state index contributed by atoms with van der Waals surface area (Å²) < 4.78 is 5.29. The second-order valence-electron chi connectivity index (χ2n) is 8.74. The number of carbonyl (C=O) groups is 2. The Hall–Kier alpha value is -4.45. The average Bonchev–Trinajstić information content (AvgIpc) is 2.96. The van der Waals surface area contributed by atoms with Crippen LogP contribution in [-0.2, 0) is 29.1 Å². The summed E-state index contributed by atoms with van der Waals surface area (Å²) in [5.74, 6) is 0.414. The molecular formula is C31H31N3O3. The zero-order chi connectivity index (χ0) is 25.9. The van der Waals surface area contributed by atoms with Gasteiger partial charge in [-0.3, -0.25) is 14.6 Å². The molecular weight excluding hydrogens is 462 g/mol. The molecule has 0 bridgehead atoms. The van der Waals surface area contributed by atoms with E-state index in [-0.39, 0.29) is 11.8 Å². The molecule has 6 heteroatoms. The monoisotopic (exact) mass is 493 g/mol.